The van der Waals surface area contributed by atoms with Gasteiger partial charge < -0.3 is 34.9 Å². The van der Waals surface area contributed by atoms with Crippen molar-refractivity contribution in [3.63, 3.8) is 0 Å². The minimum atomic E-state index is -0.686. The maximum absolute atomic E-state index is 15.1. The first-order chi connectivity index (χ1) is 19.7. The molecule has 2 aliphatic heterocycles. The molecule has 0 saturated carbocycles. The Morgan fingerprint density at radius 1 is 1.29 bits per heavy atom. The first-order valence-electron chi connectivity index (χ1n) is 12.8. The van der Waals surface area contributed by atoms with Crippen molar-refractivity contribution in [1.82, 2.24) is 19.8 Å². The number of nitrogens with zero attached hydrogens (tertiary/aromatic N) is 6. The summed E-state index contributed by atoms with van der Waals surface area (Å²) in [4.78, 5) is 61.1. The van der Waals surface area contributed by atoms with Crippen molar-refractivity contribution in [1.29, 1.82) is 0 Å². The van der Waals surface area contributed by atoms with E-state index >= 15 is 4.39 Å². The van der Waals surface area contributed by atoms with Gasteiger partial charge in [-0.1, -0.05) is 0 Å². The fraction of sp³-hybridized carbons (Fsp3) is 0.385. The number of anilines is 2. The summed E-state index contributed by atoms with van der Waals surface area (Å²) in [5.41, 5.74) is 6.01. The zero-order valence-corrected chi connectivity index (χ0v) is 22.5. The van der Waals surface area contributed by atoms with Crippen LogP contribution >= 0.6 is 0 Å². The van der Waals surface area contributed by atoms with Crippen LogP contribution in [0.25, 0.3) is 6.20 Å². The maximum Gasteiger partial charge on any atom is 0.414 e. The molecule has 1 unspecified atom stereocenters. The predicted octanol–water partition coefficient (Wildman–Crippen LogP) is 0.365. The monoisotopic (exact) mass is 570 g/mol. The van der Waals surface area contributed by atoms with Gasteiger partial charge in [0.15, 0.2) is 6.10 Å². The van der Waals surface area contributed by atoms with Crippen LogP contribution in [0.3, 0.4) is 0 Å². The van der Waals surface area contributed by atoms with Crippen LogP contribution in [-0.2, 0) is 19.1 Å². The topological polar surface area (TPSA) is 165 Å². The Balaban J connectivity index is 1.27. The summed E-state index contributed by atoms with van der Waals surface area (Å²) in [6, 6.07) is 4.41. The molecule has 3 N–H and O–H groups in total. The highest BCUT2D eigenvalue weighted by Gasteiger charge is 2.34. The first kappa shape index (κ1) is 29.2. The lowest BCUT2D eigenvalue weighted by molar-refractivity contribution is -0.144. The molecule has 0 aliphatic carbocycles. The number of piperazine rings is 1. The number of aliphatic imine (C=N–C) groups is 1. The van der Waals surface area contributed by atoms with E-state index in [1.54, 1.807) is 39.6 Å². The quantitative estimate of drug-likeness (QED) is 0.303. The second-order valence-electron chi connectivity index (χ2n) is 9.25. The minimum Gasteiger partial charge on any atom is -0.461 e. The van der Waals surface area contributed by atoms with Crippen LogP contribution in [0.5, 0.6) is 0 Å². The molecule has 15 heteroatoms. The molecule has 0 bridgehead atoms. The second kappa shape index (κ2) is 13.0. The number of nitrogens with two attached hydrogens (primary N) is 1. The van der Waals surface area contributed by atoms with E-state index in [0.29, 0.717) is 43.4 Å². The Labute approximate surface area is 235 Å². The number of esters is 1. The highest BCUT2D eigenvalue weighted by Crippen LogP contribution is 2.28. The number of halogens is 1. The lowest BCUT2D eigenvalue weighted by atomic mass is 10.2. The average Bonchev–Trinajstić information content (AvgIpc) is 3.54. The maximum atomic E-state index is 15.1. The van der Waals surface area contributed by atoms with Crippen LogP contribution in [0.4, 0.5) is 20.6 Å². The van der Waals surface area contributed by atoms with Crippen LogP contribution in [-0.4, -0.2) is 104 Å². The fourth-order valence-electron chi connectivity index (χ4n) is 4.40. The van der Waals surface area contributed by atoms with Crippen molar-refractivity contribution >= 4 is 48.2 Å². The van der Waals surface area contributed by atoms with E-state index in [0.717, 1.165) is 0 Å². The highest BCUT2D eigenvalue weighted by atomic mass is 19.1. The highest BCUT2D eigenvalue weighted by molar-refractivity contribution is 5.95. The third-order valence-corrected chi connectivity index (χ3v) is 6.57. The zero-order chi connectivity index (χ0) is 29.5. The molecular formula is C26H31FN8O6. The van der Waals surface area contributed by atoms with Gasteiger partial charge in [-0.3, -0.25) is 24.3 Å². The third kappa shape index (κ3) is 7.05. The molecule has 2 aromatic rings. The molecule has 0 radical (unpaired) electrons. The van der Waals surface area contributed by atoms with Crippen LogP contribution in [0.2, 0.25) is 0 Å². The molecule has 1 aromatic heterocycles. The number of benzene rings is 1. The molecule has 41 heavy (non-hydrogen) atoms. The normalized spacial score (nSPS) is 17.1. The van der Waals surface area contributed by atoms with Gasteiger partial charge in [-0.05, 0) is 31.8 Å². The molecule has 14 nitrogen and oxygen atoms in total. The van der Waals surface area contributed by atoms with E-state index in [9.17, 15) is 19.2 Å². The van der Waals surface area contributed by atoms with Crippen LogP contribution < -0.4 is 20.9 Å². The van der Waals surface area contributed by atoms with Crippen molar-refractivity contribution in [2.24, 2.45) is 10.7 Å². The molecule has 0 spiro atoms. The predicted molar refractivity (Wildman–Crippen MR) is 147 cm³/mol. The summed E-state index contributed by atoms with van der Waals surface area (Å²) in [5, 5.41) is 2.59. The summed E-state index contributed by atoms with van der Waals surface area (Å²) in [5.74, 6) is -1.32. The van der Waals surface area contributed by atoms with E-state index in [1.807, 2.05) is 0 Å². The number of hydrogen-bond donors (Lipinski definition) is 2. The van der Waals surface area contributed by atoms with Gasteiger partial charge >= 0.3 is 12.1 Å². The second-order valence-corrected chi connectivity index (χ2v) is 9.25. The number of aromatic nitrogens is 2. The summed E-state index contributed by atoms with van der Waals surface area (Å²) >= 11 is 0. The van der Waals surface area contributed by atoms with Gasteiger partial charge in [-0.15, -0.1) is 0 Å². The standard InChI is InChI=1S/C26H31FN8O6/c1-17-31-21(15-34(17)6-5-29-2)25(38)30-13-23(36)33-9-7-32(8-10-33)22-4-3-18(11-20(22)27)35-14-19(41-26(35)39)16-40-24(37)12-28/h3-6,11,15,19H,2,7-10,12-14,16,28H2,1H3,(H,30,38). The molecule has 2 fully saturated rings. The van der Waals surface area contributed by atoms with E-state index in [1.165, 1.54) is 23.4 Å². The van der Waals surface area contributed by atoms with Gasteiger partial charge in [0.2, 0.25) is 5.91 Å². The SMILES string of the molecule is C=NC=Cn1cc(C(=O)NCC(=O)N2CCN(c3ccc(N4CC(COC(=O)CN)OC4=O)cc3F)CC2)nc1C. The van der Waals surface area contributed by atoms with E-state index < -0.39 is 29.9 Å². The Morgan fingerprint density at radius 3 is 2.73 bits per heavy atom. The zero-order valence-electron chi connectivity index (χ0n) is 22.5. The van der Waals surface area contributed by atoms with Crippen molar-refractivity contribution in [3.8, 4) is 0 Å². The van der Waals surface area contributed by atoms with E-state index in [-0.39, 0.29) is 37.8 Å². The number of nitrogens with one attached hydrogen (secondary N) is 1. The van der Waals surface area contributed by atoms with Crippen molar-refractivity contribution in [3.05, 3.63) is 47.9 Å². The number of ether oxygens (including phenoxy) is 2. The lowest BCUT2D eigenvalue weighted by Gasteiger charge is -2.36. The third-order valence-electron chi connectivity index (χ3n) is 6.57. The van der Waals surface area contributed by atoms with Gasteiger partial charge in [0.1, 0.15) is 23.9 Å². The summed E-state index contributed by atoms with van der Waals surface area (Å²) in [7, 11) is 0. The number of carbonyl (C=O) groups excluding carboxylic acids is 4. The van der Waals surface area contributed by atoms with E-state index in [2.05, 4.69) is 22.0 Å². The number of carbonyl (C=O) groups is 4. The van der Waals surface area contributed by atoms with Crippen molar-refractivity contribution in [2.45, 2.75) is 13.0 Å². The smallest absolute Gasteiger partial charge is 0.414 e. The van der Waals surface area contributed by atoms with E-state index in [4.69, 9.17) is 15.2 Å². The molecule has 3 heterocycles. The summed E-state index contributed by atoms with van der Waals surface area (Å²) in [6.45, 7) is 6.00. The van der Waals surface area contributed by atoms with Crippen LogP contribution in [0.1, 0.15) is 16.3 Å². The molecule has 2 aliphatic rings. The first-order valence-corrected chi connectivity index (χ1v) is 12.8. The molecule has 218 valence electrons. The van der Waals surface area contributed by atoms with Gasteiger partial charge in [0.25, 0.3) is 5.91 Å². The van der Waals surface area contributed by atoms with Gasteiger partial charge in [-0.2, -0.15) is 0 Å². The van der Waals surface area contributed by atoms with Crippen molar-refractivity contribution < 1.29 is 33.0 Å². The average molecular weight is 571 g/mol. The minimum absolute atomic E-state index is 0.0954. The molecule has 3 amide bonds. The van der Waals surface area contributed by atoms with Crippen LogP contribution in [0.15, 0.2) is 35.6 Å². The summed E-state index contributed by atoms with van der Waals surface area (Å²) < 4.78 is 26.8. The number of rotatable bonds is 10. The Hall–Kier alpha value is -4.79. The van der Waals surface area contributed by atoms with Gasteiger partial charge in [0, 0.05) is 44.8 Å². The molecular weight excluding hydrogens is 539 g/mol. The Morgan fingerprint density at radius 2 is 2.05 bits per heavy atom. The van der Waals surface area contributed by atoms with Crippen molar-refractivity contribution in [2.75, 3.05) is 62.2 Å². The molecule has 1 aromatic carbocycles. The molecule has 1 atom stereocenters. The number of aryl methyl sites for hydroxylation is 1. The van der Waals surface area contributed by atoms with Gasteiger partial charge in [0.05, 0.1) is 31.0 Å². The fourth-order valence-corrected chi connectivity index (χ4v) is 4.40. The molecule has 4 rings (SSSR count). The Bertz CT molecular complexity index is 1350. The van der Waals surface area contributed by atoms with Gasteiger partial charge in [-0.25, -0.2) is 14.2 Å². The number of hydrogen-bond acceptors (Lipinski definition) is 10. The number of amides is 3. The Kier molecular flexibility index (Phi) is 9.29. The largest absolute Gasteiger partial charge is 0.461 e. The number of imidazole rings is 1. The molecule has 2 saturated heterocycles. The summed E-state index contributed by atoms with van der Waals surface area (Å²) in [6.07, 6.45) is 3.24. The van der Waals surface area contributed by atoms with Crippen LogP contribution in [0, 0.1) is 12.7 Å². The lowest BCUT2D eigenvalue weighted by Crippen LogP contribution is -2.51. The number of cyclic esters (lactones) is 1.